The second-order valence-electron chi connectivity index (χ2n) is 12.3. The second-order valence-corrected chi connectivity index (χ2v) is 12.3. The Morgan fingerprint density at radius 2 is 1.33 bits per heavy atom. The van der Waals surface area contributed by atoms with Gasteiger partial charge in [-0.1, -0.05) is 104 Å². The first kappa shape index (κ1) is 25.2. The summed E-state index contributed by atoms with van der Waals surface area (Å²) in [4.78, 5) is 0. The Kier molecular flexibility index (Phi) is 5.69. The van der Waals surface area contributed by atoms with E-state index in [0.29, 0.717) is 11.8 Å². The molecule has 3 atom stereocenters. The van der Waals surface area contributed by atoms with Gasteiger partial charge in [0.2, 0.25) is 0 Å². The number of aryl methyl sites for hydroxylation is 1. The van der Waals surface area contributed by atoms with Crippen LogP contribution in [0, 0.1) is 12.8 Å². The van der Waals surface area contributed by atoms with E-state index in [9.17, 15) is 0 Å². The molecule has 8 rings (SSSR count). The highest BCUT2D eigenvalue weighted by Gasteiger charge is 2.28. The molecule has 2 heteroatoms. The fourth-order valence-electron chi connectivity index (χ4n) is 7.69. The van der Waals surface area contributed by atoms with E-state index in [4.69, 9.17) is 0 Å². The van der Waals surface area contributed by atoms with Gasteiger partial charge in [0, 0.05) is 56.0 Å². The van der Waals surface area contributed by atoms with E-state index in [1.165, 1.54) is 71.9 Å². The van der Waals surface area contributed by atoms with Crippen molar-refractivity contribution in [3.8, 4) is 5.69 Å². The predicted octanol–water partition coefficient (Wildman–Crippen LogP) is 10.8. The molecule has 0 spiro atoms. The van der Waals surface area contributed by atoms with Gasteiger partial charge in [0.25, 0.3) is 0 Å². The molecule has 0 aliphatic heterocycles. The van der Waals surface area contributed by atoms with Crippen molar-refractivity contribution in [3.05, 3.63) is 137 Å². The van der Waals surface area contributed by atoms with Crippen LogP contribution >= 0.6 is 0 Å². The van der Waals surface area contributed by atoms with Crippen LogP contribution in [0.2, 0.25) is 0 Å². The molecular formula is C40H36N2. The molecule has 206 valence electrons. The van der Waals surface area contributed by atoms with Crippen LogP contribution in [-0.4, -0.2) is 9.13 Å². The van der Waals surface area contributed by atoms with Crippen LogP contribution in [0.25, 0.3) is 50.0 Å². The van der Waals surface area contributed by atoms with Gasteiger partial charge in [-0.25, -0.2) is 0 Å². The van der Waals surface area contributed by atoms with Crippen molar-refractivity contribution >= 4 is 44.4 Å². The van der Waals surface area contributed by atoms with Gasteiger partial charge in [-0.15, -0.1) is 0 Å². The summed E-state index contributed by atoms with van der Waals surface area (Å²) in [6, 6.07) is 33.9. The number of nitrogens with zero attached hydrogens (tertiary/aromatic N) is 2. The molecule has 0 N–H and O–H groups in total. The summed E-state index contributed by atoms with van der Waals surface area (Å²) < 4.78 is 5.06. The van der Waals surface area contributed by atoms with Crippen LogP contribution in [0.5, 0.6) is 0 Å². The smallest absolute Gasteiger partial charge is 0.0588 e. The van der Waals surface area contributed by atoms with E-state index in [-0.39, 0.29) is 6.04 Å². The Bertz CT molecular complexity index is 2070. The summed E-state index contributed by atoms with van der Waals surface area (Å²) in [5.74, 6) is 0.860. The highest BCUT2D eigenvalue weighted by Crippen LogP contribution is 2.43. The van der Waals surface area contributed by atoms with Gasteiger partial charge in [0.1, 0.15) is 0 Å². The monoisotopic (exact) mass is 544 g/mol. The number of aromatic nitrogens is 2. The molecule has 0 radical (unpaired) electrons. The van der Waals surface area contributed by atoms with Crippen LogP contribution in [0.4, 0.5) is 0 Å². The first-order valence-electron chi connectivity index (χ1n) is 15.3. The third-order valence-corrected chi connectivity index (χ3v) is 9.95. The number of benzene rings is 4. The van der Waals surface area contributed by atoms with Crippen molar-refractivity contribution in [2.45, 2.75) is 46.1 Å². The maximum absolute atomic E-state index is 2.55. The van der Waals surface area contributed by atoms with Crippen molar-refractivity contribution in [3.63, 3.8) is 0 Å². The number of hydrogen-bond acceptors (Lipinski definition) is 0. The number of rotatable bonds is 3. The second kappa shape index (κ2) is 9.49. The van der Waals surface area contributed by atoms with Crippen molar-refractivity contribution < 1.29 is 0 Å². The van der Waals surface area contributed by atoms with Crippen LogP contribution in [0.3, 0.4) is 0 Å². The topological polar surface area (TPSA) is 9.86 Å². The normalized spacial score (nSPS) is 20.2. The Hall–Kier alpha value is -4.56. The zero-order chi connectivity index (χ0) is 28.5. The maximum atomic E-state index is 2.55. The number of fused-ring (bicyclic) bond motifs is 6. The molecule has 2 aliphatic rings. The van der Waals surface area contributed by atoms with Crippen molar-refractivity contribution in [2.75, 3.05) is 0 Å². The third-order valence-electron chi connectivity index (χ3n) is 9.95. The van der Waals surface area contributed by atoms with Gasteiger partial charge in [0.15, 0.2) is 0 Å². The number of allylic oxidation sites excluding steroid dienone is 5. The zero-order valence-corrected chi connectivity index (χ0v) is 24.8. The quantitative estimate of drug-likeness (QED) is 0.210. The van der Waals surface area contributed by atoms with Crippen molar-refractivity contribution in [2.24, 2.45) is 5.92 Å². The van der Waals surface area contributed by atoms with E-state index in [2.05, 4.69) is 152 Å². The van der Waals surface area contributed by atoms with E-state index in [1.54, 1.807) is 0 Å². The van der Waals surface area contributed by atoms with Crippen LogP contribution in [0.15, 0.2) is 115 Å². The molecule has 6 aromatic rings. The Morgan fingerprint density at radius 1 is 0.690 bits per heavy atom. The summed E-state index contributed by atoms with van der Waals surface area (Å²) in [6.45, 7) is 9.36. The molecule has 4 aromatic carbocycles. The van der Waals surface area contributed by atoms with Gasteiger partial charge in [0.05, 0.1) is 11.6 Å². The van der Waals surface area contributed by atoms with Gasteiger partial charge in [-0.2, -0.15) is 0 Å². The van der Waals surface area contributed by atoms with Crippen LogP contribution in [-0.2, 0) is 0 Å². The first-order chi connectivity index (χ1) is 20.5. The molecule has 2 heterocycles. The van der Waals surface area contributed by atoms with Crippen LogP contribution in [0.1, 0.15) is 61.5 Å². The molecular weight excluding hydrogens is 508 g/mol. The lowest BCUT2D eigenvalue weighted by Crippen LogP contribution is -2.19. The largest absolute Gasteiger partial charge is 0.333 e. The molecule has 42 heavy (non-hydrogen) atoms. The fourth-order valence-corrected chi connectivity index (χ4v) is 7.69. The van der Waals surface area contributed by atoms with E-state index < -0.39 is 0 Å². The zero-order valence-electron chi connectivity index (χ0n) is 24.8. The lowest BCUT2D eigenvalue weighted by molar-refractivity contribution is 0.489. The molecule has 2 nitrogen and oxygen atoms in total. The predicted molar refractivity (Wildman–Crippen MR) is 179 cm³/mol. The van der Waals surface area contributed by atoms with Crippen molar-refractivity contribution in [1.82, 2.24) is 9.13 Å². The van der Waals surface area contributed by atoms with E-state index in [1.807, 2.05) is 0 Å². The van der Waals surface area contributed by atoms with E-state index >= 15 is 0 Å². The van der Waals surface area contributed by atoms with Crippen molar-refractivity contribution in [1.29, 1.82) is 0 Å². The molecule has 0 saturated heterocycles. The third kappa shape index (κ3) is 3.57. The summed E-state index contributed by atoms with van der Waals surface area (Å²) >= 11 is 0. The molecule has 2 aliphatic carbocycles. The Morgan fingerprint density at radius 3 is 2.02 bits per heavy atom. The first-order valence-corrected chi connectivity index (χ1v) is 15.3. The highest BCUT2D eigenvalue weighted by atomic mass is 15.0. The molecule has 0 fully saturated rings. The lowest BCUT2D eigenvalue weighted by Gasteiger charge is -2.31. The summed E-state index contributed by atoms with van der Waals surface area (Å²) in [7, 11) is 0. The van der Waals surface area contributed by atoms with E-state index in [0.717, 1.165) is 6.42 Å². The molecule has 0 amide bonds. The average Bonchev–Trinajstić information content (AvgIpc) is 3.53. The summed E-state index contributed by atoms with van der Waals surface area (Å²) in [6.07, 6.45) is 10.6. The SMILES string of the molecule is CC1=C(c2ccc(-n3c4c(c5ccccc53)C=CCC4C)cc2C)C=CC(n2c3ccccc3c3ccccc32)C1C. The van der Waals surface area contributed by atoms with Gasteiger partial charge < -0.3 is 9.13 Å². The van der Waals surface area contributed by atoms with Gasteiger partial charge >= 0.3 is 0 Å². The lowest BCUT2D eigenvalue weighted by atomic mass is 9.82. The number of hydrogen-bond donors (Lipinski definition) is 0. The number of para-hydroxylation sites is 3. The average molecular weight is 545 g/mol. The molecule has 3 unspecified atom stereocenters. The molecule has 0 bridgehead atoms. The molecule has 2 aromatic heterocycles. The highest BCUT2D eigenvalue weighted by molar-refractivity contribution is 6.08. The minimum atomic E-state index is 0.269. The van der Waals surface area contributed by atoms with Gasteiger partial charge in [-0.3, -0.25) is 0 Å². The fraction of sp³-hybridized carbons (Fsp3) is 0.200. The Labute approximate surface area is 247 Å². The van der Waals surface area contributed by atoms with Crippen LogP contribution < -0.4 is 0 Å². The summed E-state index contributed by atoms with van der Waals surface area (Å²) in [5, 5.41) is 4.00. The standard InChI is InChI=1S/C40H36N2/c1-25-12-11-16-35-34-15-7-8-17-37(34)41(40(25)35)29-20-21-30(26(2)24-29)31-22-23-36(28(4)27(31)3)42-38-18-9-5-13-32(38)33-14-6-10-19-39(33)42/h5-11,13-25,28,36H,12H2,1-4H3. The summed E-state index contributed by atoms with van der Waals surface area (Å²) in [5.41, 5.74) is 13.4. The minimum Gasteiger partial charge on any atom is -0.333 e. The minimum absolute atomic E-state index is 0.269. The Balaban J connectivity index is 1.21. The maximum Gasteiger partial charge on any atom is 0.0588 e. The van der Waals surface area contributed by atoms with Gasteiger partial charge in [-0.05, 0) is 67.3 Å². The molecule has 0 saturated carbocycles.